The Kier molecular flexibility index (Phi) is 5.64. The largest absolute Gasteiger partial charge is 0.309 e. The fourth-order valence-corrected chi connectivity index (χ4v) is 7.92. The highest BCUT2D eigenvalue weighted by molar-refractivity contribution is 6.27. The topological polar surface area (TPSA) is 4.93 Å². The molecule has 0 atom stereocenters. The van der Waals surface area contributed by atoms with Crippen LogP contribution in [0, 0.1) is 0 Å². The number of nitrogens with zero attached hydrogens (tertiary/aromatic N) is 1. The van der Waals surface area contributed by atoms with E-state index in [1.165, 1.54) is 93.2 Å². The minimum Gasteiger partial charge on any atom is -0.309 e. The normalized spacial score (nSPS) is 11.8. The first-order valence-corrected chi connectivity index (χ1v) is 16.3. The van der Waals surface area contributed by atoms with Gasteiger partial charge < -0.3 is 4.57 Å². The molecule has 218 valence electrons. The molecule has 0 aliphatic heterocycles. The molecule has 0 bridgehead atoms. The van der Waals surface area contributed by atoms with Gasteiger partial charge in [0, 0.05) is 16.5 Å². The minimum atomic E-state index is 1.17. The van der Waals surface area contributed by atoms with Gasteiger partial charge in [-0.25, -0.2) is 0 Å². The van der Waals surface area contributed by atoms with Crippen molar-refractivity contribution in [3.05, 3.63) is 176 Å². The van der Waals surface area contributed by atoms with Gasteiger partial charge in [0.2, 0.25) is 0 Å². The van der Waals surface area contributed by atoms with Gasteiger partial charge in [-0.1, -0.05) is 140 Å². The Morgan fingerprint density at radius 1 is 0.298 bits per heavy atom. The minimum absolute atomic E-state index is 1.17. The van der Waals surface area contributed by atoms with Crippen molar-refractivity contribution in [3.8, 4) is 39.1 Å². The second-order valence-electron chi connectivity index (χ2n) is 12.5. The molecule has 0 N–H and O–H groups in total. The summed E-state index contributed by atoms with van der Waals surface area (Å²) in [5, 5.41) is 10.3. The van der Waals surface area contributed by atoms with Crippen LogP contribution in [0.5, 0.6) is 0 Å². The van der Waals surface area contributed by atoms with Gasteiger partial charge in [0.05, 0.1) is 11.0 Å². The number of hydrogen-bond acceptors (Lipinski definition) is 0. The molecule has 0 aliphatic rings. The molecule has 0 aliphatic carbocycles. The molecular formula is C46H29N. The molecule has 0 saturated heterocycles. The van der Waals surface area contributed by atoms with Gasteiger partial charge >= 0.3 is 0 Å². The molecule has 10 aromatic rings. The Hall–Kier alpha value is -6.18. The molecule has 1 nitrogen and oxygen atoms in total. The van der Waals surface area contributed by atoms with E-state index in [-0.39, 0.29) is 0 Å². The molecular weight excluding hydrogens is 567 g/mol. The SMILES string of the molecule is c1ccc(-c2cc3ccc4cc(-c5c6ccccc6c(-c6ccccc6)c6ccccc56)cc5c4c3c(c2)n5-c2ccccc2)cc1. The van der Waals surface area contributed by atoms with Crippen LogP contribution in [0.25, 0.3) is 93.2 Å². The van der Waals surface area contributed by atoms with Gasteiger partial charge in [0.25, 0.3) is 0 Å². The van der Waals surface area contributed by atoms with Crippen LogP contribution in [-0.2, 0) is 0 Å². The smallest absolute Gasteiger partial charge is 0.0553 e. The molecule has 0 fully saturated rings. The van der Waals surface area contributed by atoms with E-state index in [0.29, 0.717) is 0 Å². The van der Waals surface area contributed by atoms with Crippen LogP contribution in [0.1, 0.15) is 0 Å². The van der Waals surface area contributed by atoms with Crippen LogP contribution in [0.4, 0.5) is 0 Å². The summed E-state index contributed by atoms with van der Waals surface area (Å²) in [5.41, 5.74) is 11.1. The van der Waals surface area contributed by atoms with Crippen LogP contribution >= 0.6 is 0 Å². The van der Waals surface area contributed by atoms with Gasteiger partial charge in [-0.15, -0.1) is 0 Å². The summed E-state index contributed by atoms with van der Waals surface area (Å²) in [5.74, 6) is 0. The van der Waals surface area contributed by atoms with E-state index in [0.717, 1.165) is 0 Å². The zero-order valence-electron chi connectivity index (χ0n) is 25.7. The third-order valence-corrected chi connectivity index (χ3v) is 9.87. The predicted octanol–water partition coefficient (Wildman–Crippen LogP) is 12.7. The van der Waals surface area contributed by atoms with Crippen LogP contribution in [0.2, 0.25) is 0 Å². The third kappa shape index (κ3) is 3.90. The summed E-state index contributed by atoms with van der Waals surface area (Å²) >= 11 is 0. The van der Waals surface area contributed by atoms with E-state index >= 15 is 0 Å². The highest BCUT2D eigenvalue weighted by Gasteiger charge is 2.22. The lowest BCUT2D eigenvalue weighted by molar-refractivity contribution is 1.18. The lowest BCUT2D eigenvalue weighted by Crippen LogP contribution is -1.94. The summed E-state index contributed by atoms with van der Waals surface area (Å²) in [6, 6.07) is 64.5. The molecule has 0 amide bonds. The Labute approximate surface area is 272 Å². The average molecular weight is 596 g/mol. The van der Waals surface area contributed by atoms with Crippen LogP contribution in [0.3, 0.4) is 0 Å². The van der Waals surface area contributed by atoms with E-state index in [9.17, 15) is 0 Å². The van der Waals surface area contributed by atoms with Crippen molar-refractivity contribution < 1.29 is 0 Å². The van der Waals surface area contributed by atoms with Crippen molar-refractivity contribution in [2.24, 2.45) is 0 Å². The monoisotopic (exact) mass is 595 g/mol. The quantitative estimate of drug-likeness (QED) is 0.141. The van der Waals surface area contributed by atoms with E-state index < -0.39 is 0 Å². The first-order valence-electron chi connectivity index (χ1n) is 16.3. The first kappa shape index (κ1) is 26.1. The van der Waals surface area contributed by atoms with Crippen molar-refractivity contribution in [2.75, 3.05) is 0 Å². The standard InChI is InChI=1S/C46H29N/c1-4-14-30(15-5-1)34-26-32-24-25-33-27-35(29-42-46(33)45(32)41(28-34)47(42)36-18-8-3-9-19-36)44-39-22-12-10-20-37(39)43(31-16-6-2-7-17-31)38-21-11-13-23-40(38)44/h1-29H. The summed E-state index contributed by atoms with van der Waals surface area (Å²) in [6.45, 7) is 0. The van der Waals surface area contributed by atoms with Crippen LogP contribution in [0.15, 0.2) is 176 Å². The molecule has 1 heterocycles. The van der Waals surface area contributed by atoms with Gasteiger partial charge in [0.15, 0.2) is 0 Å². The van der Waals surface area contributed by atoms with Crippen molar-refractivity contribution in [2.45, 2.75) is 0 Å². The van der Waals surface area contributed by atoms with Crippen molar-refractivity contribution in [3.63, 3.8) is 0 Å². The highest BCUT2D eigenvalue weighted by atomic mass is 15.0. The summed E-state index contributed by atoms with van der Waals surface area (Å²) in [7, 11) is 0. The second kappa shape index (κ2) is 10.2. The third-order valence-electron chi connectivity index (χ3n) is 9.87. The molecule has 1 aromatic heterocycles. The Balaban J connectivity index is 1.35. The van der Waals surface area contributed by atoms with Crippen molar-refractivity contribution in [1.82, 2.24) is 4.57 Å². The Morgan fingerprint density at radius 3 is 1.23 bits per heavy atom. The van der Waals surface area contributed by atoms with Crippen molar-refractivity contribution in [1.29, 1.82) is 0 Å². The molecule has 0 saturated carbocycles. The number of benzene rings is 9. The Morgan fingerprint density at radius 2 is 0.702 bits per heavy atom. The summed E-state index contributed by atoms with van der Waals surface area (Å²) in [6.07, 6.45) is 0. The van der Waals surface area contributed by atoms with Gasteiger partial charge in [-0.05, 0) is 102 Å². The zero-order chi connectivity index (χ0) is 30.9. The maximum atomic E-state index is 2.48. The lowest BCUT2D eigenvalue weighted by atomic mass is 9.85. The maximum Gasteiger partial charge on any atom is 0.0553 e. The maximum absolute atomic E-state index is 2.48. The van der Waals surface area contributed by atoms with Crippen LogP contribution < -0.4 is 0 Å². The number of rotatable bonds is 4. The average Bonchev–Trinajstić information content (AvgIpc) is 3.48. The van der Waals surface area contributed by atoms with Gasteiger partial charge in [-0.2, -0.15) is 0 Å². The highest BCUT2D eigenvalue weighted by Crippen LogP contribution is 2.47. The fraction of sp³-hybridized carbons (Fsp3) is 0. The van der Waals surface area contributed by atoms with E-state index in [2.05, 4.69) is 180 Å². The molecule has 10 rings (SSSR count). The molecule has 0 spiro atoms. The first-order chi connectivity index (χ1) is 23.3. The van der Waals surface area contributed by atoms with E-state index in [1.54, 1.807) is 0 Å². The fourth-order valence-electron chi connectivity index (χ4n) is 7.92. The summed E-state index contributed by atoms with van der Waals surface area (Å²) < 4.78 is 2.48. The Bertz CT molecular complexity index is 2700. The number of aromatic nitrogens is 1. The molecule has 1 heteroatoms. The molecule has 9 aromatic carbocycles. The summed E-state index contributed by atoms with van der Waals surface area (Å²) in [4.78, 5) is 0. The molecule has 47 heavy (non-hydrogen) atoms. The van der Waals surface area contributed by atoms with E-state index in [4.69, 9.17) is 0 Å². The predicted molar refractivity (Wildman–Crippen MR) is 201 cm³/mol. The number of fused-ring (bicyclic) bond motifs is 2. The number of para-hydroxylation sites is 1. The number of hydrogen-bond donors (Lipinski definition) is 0. The van der Waals surface area contributed by atoms with E-state index in [1.807, 2.05) is 0 Å². The molecule has 0 radical (unpaired) electrons. The van der Waals surface area contributed by atoms with Gasteiger partial charge in [-0.3, -0.25) is 0 Å². The zero-order valence-corrected chi connectivity index (χ0v) is 25.7. The second-order valence-corrected chi connectivity index (χ2v) is 12.5. The van der Waals surface area contributed by atoms with Gasteiger partial charge in [0.1, 0.15) is 0 Å². The van der Waals surface area contributed by atoms with Crippen molar-refractivity contribution >= 4 is 54.1 Å². The van der Waals surface area contributed by atoms with Crippen LogP contribution in [-0.4, -0.2) is 4.57 Å². The lowest BCUT2D eigenvalue weighted by Gasteiger charge is -2.18. The molecule has 0 unspecified atom stereocenters.